The largest absolute Gasteiger partial charge is 0.492 e. The molecule has 0 aliphatic carbocycles. The molecule has 4 amide bonds. The number of anilines is 1. The fourth-order valence-electron chi connectivity index (χ4n) is 3.43. The first-order valence-corrected chi connectivity index (χ1v) is 10.4. The highest BCUT2D eigenvalue weighted by Crippen LogP contribution is 2.28. The molecule has 0 bridgehead atoms. The number of imide groups is 2. The molecule has 4 rings (SSSR count). The molecule has 162 valence electrons. The lowest BCUT2D eigenvalue weighted by molar-refractivity contribution is -0.122. The molecule has 1 saturated heterocycles. The number of nitrogens with one attached hydrogen (secondary N) is 1. The average molecular weight is 450 g/mol. The summed E-state index contributed by atoms with van der Waals surface area (Å²) < 4.78 is 7.51. The molecule has 2 aromatic carbocycles. The Bertz CT molecular complexity index is 1260. The first kappa shape index (κ1) is 21.4. The molecule has 0 atom stereocenters. The van der Waals surface area contributed by atoms with Gasteiger partial charge in [-0.05, 0) is 61.9 Å². The summed E-state index contributed by atoms with van der Waals surface area (Å²) >= 11 is 6.17. The van der Waals surface area contributed by atoms with Gasteiger partial charge in [0.05, 0.1) is 18.0 Å². The molecule has 1 aliphatic heterocycles. The topological polar surface area (TPSA) is 80.6 Å². The Hall–Kier alpha value is -3.84. The Labute approximate surface area is 189 Å². The van der Waals surface area contributed by atoms with Crippen LogP contribution in [0.25, 0.3) is 11.8 Å². The lowest BCUT2D eigenvalue weighted by Crippen LogP contribution is -2.54. The van der Waals surface area contributed by atoms with Crippen LogP contribution >= 0.6 is 11.6 Å². The number of aromatic nitrogens is 1. The molecule has 0 radical (unpaired) electrons. The van der Waals surface area contributed by atoms with Crippen LogP contribution in [0.3, 0.4) is 0 Å². The Morgan fingerprint density at radius 1 is 1.06 bits per heavy atom. The van der Waals surface area contributed by atoms with Crippen molar-refractivity contribution in [2.45, 2.75) is 13.8 Å². The van der Waals surface area contributed by atoms with Crippen LogP contribution in [0.4, 0.5) is 10.5 Å². The number of amides is 4. The minimum Gasteiger partial charge on any atom is -0.492 e. The number of hydrogen-bond donors (Lipinski definition) is 1. The number of barbiturate groups is 1. The van der Waals surface area contributed by atoms with E-state index in [9.17, 15) is 14.4 Å². The Morgan fingerprint density at radius 3 is 2.59 bits per heavy atom. The van der Waals surface area contributed by atoms with E-state index in [1.54, 1.807) is 30.5 Å². The Morgan fingerprint density at radius 2 is 1.84 bits per heavy atom. The van der Waals surface area contributed by atoms with Gasteiger partial charge in [-0.2, -0.15) is 0 Å². The molecule has 0 saturated carbocycles. The number of para-hydroxylation sites is 2. The predicted octanol–water partition coefficient (Wildman–Crippen LogP) is 4.50. The number of benzene rings is 2. The zero-order valence-corrected chi connectivity index (χ0v) is 18.2. The molecular weight excluding hydrogens is 430 g/mol. The average Bonchev–Trinajstić information content (AvgIpc) is 3.22. The predicted molar refractivity (Wildman–Crippen MR) is 122 cm³/mol. The minimum atomic E-state index is -0.825. The zero-order chi connectivity index (χ0) is 22.8. The van der Waals surface area contributed by atoms with Gasteiger partial charge in [-0.25, -0.2) is 9.69 Å². The maximum atomic E-state index is 13.2. The molecule has 0 spiro atoms. The van der Waals surface area contributed by atoms with E-state index in [1.165, 1.54) is 12.1 Å². The molecule has 1 fully saturated rings. The summed E-state index contributed by atoms with van der Waals surface area (Å²) in [7, 11) is 0. The summed E-state index contributed by atoms with van der Waals surface area (Å²) in [5.74, 6) is -0.832. The van der Waals surface area contributed by atoms with Crippen LogP contribution in [-0.2, 0) is 9.59 Å². The highest BCUT2D eigenvalue weighted by Gasteiger charge is 2.37. The van der Waals surface area contributed by atoms with E-state index in [0.29, 0.717) is 23.1 Å². The third kappa shape index (κ3) is 3.90. The normalized spacial score (nSPS) is 15.3. The molecule has 1 N–H and O–H groups in total. The summed E-state index contributed by atoms with van der Waals surface area (Å²) in [6.07, 6.45) is 3.26. The third-order valence-electron chi connectivity index (χ3n) is 5.01. The summed E-state index contributed by atoms with van der Waals surface area (Å²) in [6.45, 7) is 4.20. The molecular formula is C24H20ClN3O4. The van der Waals surface area contributed by atoms with E-state index >= 15 is 0 Å². The van der Waals surface area contributed by atoms with E-state index in [2.05, 4.69) is 5.32 Å². The van der Waals surface area contributed by atoms with Crippen molar-refractivity contribution in [2.24, 2.45) is 0 Å². The number of hydrogen-bond acceptors (Lipinski definition) is 4. The number of halogens is 1. The van der Waals surface area contributed by atoms with Gasteiger partial charge < -0.3 is 9.30 Å². The van der Waals surface area contributed by atoms with Crippen molar-refractivity contribution in [3.63, 3.8) is 0 Å². The number of carbonyl (C=O) groups is 3. The summed E-state index contributed by atoms with van der Waals surface area (Å²) in [5.41, 5.74) is 2.24. The van der Waals surface area contributed by atoms with Crippen molar-refractivity contribution in [1.82, 2.24) is 9.88 Å². The highest BCUT2D eigenvalue weighted by atomic mass is 35.5. The van der Waals surface area contributed by atoms with Crippen molar-refractivity contribution < 1.29 is 19.1 Å². The second-order valence-corrected chi connectivity index (χ2v) is 7.50. The van der Waals surface area contributed by atoms with E-state index < -0.39 is 17.8 Å². The lowest BCUT2D eigenvalue weighted by Gasteiger charge is -2.26. The van der Waals surface area contributed by atoms with Crippen molar-refractivity contribution >= 4 is 41.2 Å². The van der Waals surface area contributed by atoms with Gasteiger partial charge in [0.25, 0.3) is 11.8 Å². The van der Waals surface area contributed by atoms with E-state index in [0.717, 1.165) is 16.2 Å². The van der Waals surface area contributed by atoms with Crippen LogP contribution in [0.15, 0.2) is 66.4 Å². The van der Waals surface area contributed by atoms with Crippen molar-refractivity contribution in [3.05, 3.63) is 82.6 Å². The number of ether oxygens (including phenoxy) is 1. The van der Waals surface area contributed by atoms with Crippen LogP contribution in [0, 0.1) is 6.92 Å². The smallest absolute Gasteiger partial charge is 0.335 e. The second kappa shape index (κ2) is 8.72. The first-order valence-electron chi connectivity index (χ1n) is 9.98. The van der Waals surface area contributed by atoms with Gasteiger partial charge in [0.15, 0.2) is 0 Å². The van der Waals surface area contributed by atoms with Gasteiger partial charge in [0.1, 0.15) is 11.3 Å². The van der Waals surface area contributed by atoms with Crippen molar-refractivity contribution in [3.8, 4) is 11.4 Å². The lowest BCUT2D eigenvalue weighted by atomic mass is 10.1. The number of aryl methyl sites for hydroxylation is 1. The fourth-order valence-corrected chi connectivity index (χ4v) is 3.60. The van der Waals surface area contributed by atoms with E-state index in [1.807, 2.05) is 42.7 Å². The molecule has 3 aromatic rings. The van der Waals surface area contributed by atoms with Gasteiger partial charge in [0, 0.05) is 16.9 Å². The Kier molecular flexibility index (Phi) is 5.83. The number of nitrogens with zero attached hydrogens (tertiary/aromatic N) is 2. The Balaban J connectivity index is 1.76. The van der Waals surface area contributed by atoms with Gasteiger partial charge in [-0.3, -0.25) is 14.9 Å². The van der Waals surface area contributed by atoms with Crippen LogP contribution in [0.1, 0.15) is 18.2 Å². The number of carbonyl (C=O) groups excluding carboxylic acids is 3. The third-order valence-corrected chi connectivity index (χ3v) is 5.42. The molecule has 1 aromatic heterocycles. The monoisotopic (exact) mass is 449 g/mol. The SMILES string of the molecule is CCOc1ccccc1-n1cccc1C=C1C(=O)NC(=O)N(c2ccc(C)c(Cl)c2)C1=O. The minimum absolute atomic E-state index is 0.171. The zero-order valence-electron chi connectivity index (χ0n) is 17.5. The van der Waals surface area contributed by atoms with Gasteiger partial charge in [-0.1, -0.05) is 29.8 Å². The molecule has 32 heavy (non-hydrogen) atoms. The molecule has 8 heteroatoms. The van der Waals surface area contributed by atoms with Gasteiger partial charge in [-0.15, -0.1) is 0 Å². The van der Waals surface area contributed by atoms with Crippen molar-refractivity contribution in [1.29, 1.82) is 0 Å². The summed E-state index contributed by atoms with van der Waals surface area (Å²) in [5, 5.41) is 2.64. The van der Waals surface area contributed by atoms with Crippen LogP contribution in [0.5, 0.6) is 5.75 Å². The molecule has 2 heterocycles. The van der Waals surface area contributed by atoms with Gasteiger partial charge in [0.2, 0.25) is 0 Å². The van der Waals surface area contributed by atoms with E-state index in [4.69, 9.17) is 16.3 Å². The van der Waals surface area contributed by atoms with Crippen LogP contribution in [0.2, 0.25) is 5.02 Å². The fraction of sp³-hybridized carbons (Fsp3) is 0.125. The highest BCUT2D eigenvalue weighted by molar-refractivity contribution is 6.39. The van der Waals surface area contributed by atoms with E-state index in [-0.39, 0.29) is 11.3 Å². The van der Waals surface area contributed by atoms with Crippen LogP contribution in [-0.4, -0.2) is 29.0 Å². The summed E-state index contributed by atoms with van der Waals surface area (Å²) in [6, 6.07) is 15.0. The van der Waals surface area contributed by atoms with Crippen molar-refractivity contribution in [2.75, 3.05) is 11.5 Å². The molecule has 1 aliphatic rings. The quantitative estimate of drug-likeness (QED) is 0.459. The summed E-state index contributed by atoms with van der Waals surface area (Å²) in [4.78, 5) is 39.1. The molecule has 7 nitrogen and oxygen atoms in total. The maximum absolute atomic E-state index is 13.2. The number of rotatable bonds is 5. The van der Waals surface area contributed by atoms with Crippen LogP contribution < -0.4 is 15.0 Å². The molecule has 0 unspecified atom stereocenters. The van der Waals surface area contributed by atoms with Gasteiger partial charge >= 0.3 is 6.03 Å². The first-order chi connectivity index (χ1) is 15.4. The second-order valence-electron chi connectivity index (χ2n) is 7.10. The maximum Gasteiger partial charge on any atom is 0.335 e. The number of urea groups is 1. The standard InChI is InChI=1S/C24H20ClN3O4/c1-3-32-21-9-5-4-8-20(21)27-12-6-7-16(27)13-18-22(29)26-24(31)28(23(18)30)17-11-10-15(2)19(25)14-17/h4-14H,3H2,1-2H3,(H,26,29,31).